The summed E-state index contributed by atoms with van der Waals surface area (Å²) in [7, 11) is 2.11. The number of nitrogens with one attached hydrogen (secondary N) is 1. The minimum absolute atomic E-state index is 0.280. The van der Waals surface area contributed by atoms with Gasteiger partial charge in [-0.1, -0.05) is 0 Å². The van der Waals surface area contributed by atoms with Gasteiger partial charge in [0.05, 0.1) is 13.2 Å². The highest BCUT2D eigenvalue weighted by atomic mass is 16.5. The van der Waals surface area contributed by atoms with Crippen molar-refractivity contribution in [1.82, 2.24) is 10.2 Å². The lowest BCUT2D eigenvalue weighted by Gasteiger charge is -2.21. The standard InChI is InChI=1S/C5H11NO.C4H9NO/c1-6-2-4-7-5-3-6;1-4(2)5-3-6/h2-5H2,1H3;3-4H,1-2H3,(H,5,6). The molecule has 0 aromatic rings. The molecule has 1 fully saturated rings. The van der Waals surface area contributed by atoms with E-state index in [0.717, 1.165) is 26.3 Å². The van der Waals surface area contributed by atoms with Gasteiger partial charge in [0.1, 0.15) is 0 Å². The molecule has 0 saturated carbocycles. The number of likely N-dealkylation sites (N-methyl/N-ethyl adjacent to an activating group) is 1. The summed E-state index contributed by atoms with van der Waals surface area (Å²) >= 11 is 0. The minimum atomic E-state index is 0.280. The van der Waals surface area contributed by atoms with Gasteiger partial charge in [-0.05, 0) is 20.9 Å². The molecule has 0 radical (unpaired) electrons. The van der Waals surface area contributed by atoms with Crippen LogP contribution in [0.1, 0.15) is 13.8 Å². The monoisotopic (exact) mass is 188 g/mol. The molecule has 0 aliphatic carbocycles. The Kier molecular flexibility index (Phi) is 7.63. The Labute approximate surface area is 80.2 Å². The summed E-state index contributed by atoms with van der Waals surface area (Å²) in [5.41, 5.74) is 0. The predicted molar refractivity (Wildman–Crippen MR) is 52.7 cm³/mol. The Morgan fingerprint density at radius 1 is 1.38 bits per heavy atom. The van der Waals surface area contributed by atoms with Crippen LogP contribution >= 0.6 is 0 Å². The fraction of sp³-hybridized carbons (Fsp3) is 0.889. The lowest BCUT2D eigenvalue weighted by Crippen LogP contribution is -2.32. The van der Waals surface area contributed by atoms with Gasteiger partial charge in [-0.25, -0.2) is 0 Å². The first kappa shape index (κ1) is 12.4. The third-order valence-electron chi connectivity index (χ3n) is 1.64. The Hall–Kier alpha value is -0.610. The summed E-state index contributed by atoms with van der Waals surface area (Å²) < 4.78 is 5.10. The number of hydrogen-bond donors (Lipinski definition) is 1. The Balaban J connectivity index is 0.000000226. The number of hydrogen-bond acceptors (Lipinski definition) is 3. The topological polar surface area (TPSA) is 41.6 Å². The van der Waals surface area contributed by atoms with E-state index in [0.29, 0.717) is 6.41 Å². The molecule has 0 aromatic heterocycles. The van der Waals surface area contributed by atoms with Gasteiger partial charge in [0.25, 0.3) is 0 Å². The van der Waals surface area contributed by atoms with Crippen molar-refractivity contribution in [2.75, 3.05) is 33.4 Å². The van der Waals surface area contributed by atoms with Crippen molar-refractivity contribution in [2.24, 2.45) is 0 Å². The van der Waals surface area contributed by atoms with Crippen molar-refractivity contribution in [1.29, 1.82) is 0 Å². The van der Waals surface area contributed by atoms with Crippen molar-refractivity contribution in [3.63, 3.8) is 0 Å². The van der Waals surface area contributed by atoms with Crippen LogP contribution in [0.25, 0.3) is 0 Å². The van der Waals surface area contributed by atoms with Gasteiger partial charge in [-0.3, -0.25) is 4.79 Å². The third-order valence-corrected chi connectivity index (χ3v) is 1.64. The minimum Gasteiger partial charge on any atom is -0.379 e. The van der Waals surface area contributed by atoms with Crippen LogP contribution in [0, 0.1) is 0 Å². The normalized spacial score (nSPS) is 17.5. The molecule has 0 spiro atoms. The summed E-state index contributed by atoms with van der Waals surface area (Å²) in [5.74, 6) is 0. The zero-order valence-corrected chi connectivity index (χ0v) is 8.75. The zero-order chi connectivity index (χ0) is 10.1. The van der Waals surface area contributed by atoms with E-state index in [-0.39, 0.29) is 6.04 Å². The highest BCUT2D eigenvalue weighted by Crippen LogP contribution is 1.89. The molecule has 1 heterocycles. The van der Waals surface area contributed by atoms with E-state index in [2.05, 4.69) is 17.3 Å². The van der Waals surface area contributed by atoms with E-state index < -0.39 is 0 Å². The van der Waals surface area contributed by atoms with Crippen molar-refractivity contribution in [3.8, 4) is 0 Å². The number of rotatable bonds is 2. The predicted octanol–water partition coefficient (Wildman–Crippen LogP) is 0.0892. The first-order valence-corrected chi connectivity index (χ1v) is 4.62. The molecule has 0 unspecified atom stereocenters. The molecule has 1 aliphatic heterocycles. The Bertz CT molecular complexity index is 123. The van der Waals surface area contributed by atoms with E-state index in [9.17, 15) is 4.79 Å². The van der Waals surface area contributed by atoms with Crippen LogP contribution in [0.4, 0.5) is 0 Å². The summed E-state index contributed by atoms with van der Waals surface area (Å²) in [4.78, 5) is 11.8. The van der Waals surface area contributed by atoms with Gasteiger partial charge in [0, 0.05) is 19.1 Å². The quantitative estimate of drug-likeness (QED) is 0.624. The van der Waals surface area contributed by atoms with Crippen molar-refractivity contribution in [3.05, 3.63) is 0 Å². The Morgan fingerprint density at radius 2 is 1.92 bits per heavy atom. The van der Waals surface area contributed by atoms with Crippen LogP contribution in [0.15, 0.2) is 0 Å². The number of carbonyl (C=O) groups is 1. The molecule has 1 rings (SSSR count). The summed E-state index contributed by atoms with van der Waals surface area (Å²) in [6.45, 7) is 7.84. The molecule has 0 aromatic carbocycles. The number of nitrogens with zero attached hydrogens (tertiary/aromatic N) is 1. The fourth-order valence-corrected chi connectivity index (χ4v) is 0.791. The molecule has 1 N–H and O–H groups in total. The summed E-state index contributed by atoms with van der Waals surface area (Å²) in [6.07, 6.45) is 0.699. The number of carbonyl (C=O) groups excluding carboxylic acids is 1. The molecule has 0 bridgehead atoms. The lowest BCUT2D eigenvalue weighted by atomic mass is 10.4. The average molecular weight is 188 g/mol. The number of ether oxygens (including phenoxy) is 1. The number of morpholine rings is 1. The molecule has 1 aliphatic rings. The molecule has 1 amide bonds. The third kappa shape index (κ3) is 9.30. The van der Waals surface area contributed by atoms with Crippen molar-refractivity contribution < 1.29 is 9.53 Å². The van der Waals surface area contributed by atoms with Crippen molar-refractivity contribution in [2.45, 2.75) is 19.9 Å². The van der Waals surface area contributed by atoms with E-state index in [1.165, 1.54) is 0 Å². The molecule has 0 atom stereocenters. The van der Waals surface area contributed by atoms with Crippen LogP contribution in [-0.4, -0.2) is 50.7 Å². The second kappa shape index (κ2) is 8.01. The van der Waals surface area contributed by atoms with Crippen LogP contribution in [0.3, 0.4) is 0 Å². The van der Waals surface area contributed by atoms with Gasteiger partial charge in [0.2, 0.25) is 6.41 Å². The Morgan fingerprint density at radius 3 is 2.08 bits per heavy atom. The largest absolute Gasteiger partial charge is 0.379 e. The average Bonchev–Trinajstić information content (AvgIpc) is 2.06. The number of amides is 1. The highest BCUT2D eigenvalue weighted by Gasteiger charge is 2.02. The molecule has 1 saturated heterocycles. The maximum absolute atomic E-state index is 9.50. The maximum atomic E-state index is 9.50. The fourth-order valence-electron chi connectivity index (χ4n) is 0.791. The van der Waals surface area contributed by atoms with Crippen LogP contribution in [-0.2, 0) is 9.53 Å². The van der Waals surface area contributed by atoms with Crippen LogP contribution in [0.5, 0.6) is 0 Å². The molecule has 13 heavy (non-hydrogen) atoms. The maximum Gasteiger partial charge on any atom is 0.207 e. The van der Waals surface area contributed by atoms with E-state index in [4.69, 9.17) is 4.74 Å². The lowest BCUT2D eigenvalue weighted by molar-refractivity contribution is -0.109. The SMILES string of the molecule is CC(C)NC=O.CN1CCOCC1. The van der Waals surface area contributed by atoms with Gasteiger partial charge >= 0.3 is 0 Å². The molecule has 78 valence electrons. The first-order chi connectivity index (χ1) is 6.16. The second-order valence-corrected chi connectivity index (χ2v) is 3.35. The molecule has 4 nitrogen and oxygen atoms in total. The van der Waals surface area contributed by atoms with Crippen molar-refractivity contribution >= 4 is 6.41 Å². The van der Waals surface area contributed by atoms with Crippen LogP contribution < -0.4 is 5.32 Å². The van der Waals surface area contributed by atoms with Crippen LogP contribution in [0.2, 0.25) is 0 Å². The van der Waals surface area contributed by atoms with Gasteiger partial charge < -0.3 is 15.0 Å². The van der Waals surface area contributed by atoms with Gasteiger partial charge in [-0.2, -0.15) is 0 Å². The second-order valence-electron chi connectivity index (χ2n) is 3.35. The molecule has 4 heteroatoms. The van der Waals surface area contributed by atoms with E-state index in [1.54, 1.807) is 0 Å². The molecular weight excluding hydrogens is 168 g/mol. The van der Waals surface area contributed by atoms with Gasteiger partial charge in [-0.15, -0.1) is 0 Å². The molecular formula is C9H20N2O2. The summed E-state index contributed by atoms with van der Waals surface area (Å²) in [5, 5.41) is 2.53. The smallest absolute Gasteiger partial charge is 0.207 e. The zero-order valence-electron chi connectivity index (χ0n) is 8.75. The van der Waals surface area contributed by atoms with E-state index in [1.807, 2.05) is 13.8 Å². The van der Waals surface area contributed by atoms with E-state index >= 15 is 0 Å². The van der Waals surface area contributed by atoms with Gasteiger partial charge in [0.15, 0.2) is 0 Å². The first-order valence-electron chi connectivity index (χ1n) is 4.62. The highest BCUT2D eigenvalue weighted by molar-refractivity contribution is 5.46. The summed E-state index contributed by atoms with van der Waals surface area (Å²) in [6, 6.07) is 0.280.